The zero-order chi connectivity index (χ0) is 5.91. The highest BCUT2D eigenvalue weighted by molar-refractivity contribution is 3.84. The van der Waals surface area contributed by atoms with Crippen LogP contribution in [-0.4, -0.2) is 24.6 Å². The van der Waals surface area contributed by atoms with E-state index in [1.165, 1.54) is 0 Å². The van der Waals surface area contributed by atoms with Crippen molar-refractivity contribution >= 4 is 0 Å². The Morgan fingerprint density at radius 1 is 1.43 bits per heavy atom. The summed E-state index contributed by atoms with van der Waals surface area (Å²) in [5, 5.41) is 15.8. The monoisotopic (exact) mass is 109 g/mol. The summed E-state index contributed by atoms with van der Waals surface area (Å²) in [6.45, 7) is 0. The fourth-order valence-electron chi connectivity index (χ4n) is 0.0745. The summed E-state index contributed by atoms with van der Waals surface area (Å²) < 4.78 is 0. The lowest BCUT2D eigenvalue weighted by Gasteiger charge is -2.21. The SMILES string of the molecule is CO[N+]([O-])(O)OC. The molecule has 5 nitrogen and oxygen atoms in total. The zero-order valence-corrected chi connectivity index (χ0v) is 4.12. The summed E-state index contributed by atoms with van der Waals surface area (Å²) in [5.74, 6) is 0. The van der Waals surface area contributed by atoms with Gasteiger partial charge in [0.25, 0.3) is 0 Å². The third-order valence-electron chi connectivity index (χ3n) is 0.461. The molecule has 44 valence electrons. The lowest BCUT2D eigenvalue weighted by molar-refractivity contribution is -1.33. The predicted octanol–water partition coefficient (Wildman–Crippen LogP) is -0.187. The van der Waals surface area contributed by atoms with Gasteiger partial charge in [0.1, 0.15) is 14.2 Å². The van der Waals surface area contributed by atoms with Crippen LogP contribution in [0.15, 0.2) is 0 Å². The van der Waals surface area contributed by atoms with Gasteiger partial charge in [-0.2, -0.15) is 0 Å². The first-order valence-corrected chi connectivity index (χ1v) is 1.56. The van der Waals surface area contributed by atoms with Crippen molar-refractivity contribution < 1.29 is 20.0 Å². The molecule has 0 aromatic rings. The first-order valence-electron chi connectivity index (χ1n) is 1.56. The van der Waals surface area contributed by atoms with Crippen LogP contribution >= 0.6 is 0 Å². The lowest BCUT2D eigenvalue weighted by Crippen LogP contribution is -2.35. The van der Waals surface area contributed by atoms with E-state index in [-0.39, 0.29) is 0 Å². The van der Waals surface area contributed by atoms with E-state index in [4.69, 9.17) is 5.21 Å². The quantitative estimate of drug-likeness (QED) is 0.394. The Morgan fingerprint density at radius 2 is 1.71 bits per heavy atom. The van der Waals surface area contributed by atoms with E-state index in [2.05, 4.69) is 9.68 Å². The van der Waals surface area contributed by atoms with E-state index >= 15 is 0 Å². The molecule has 0 amide bonds. The number of rotatable bonds is 2. The minimum Gasteiger partial charge on any atom is -0.529 e. The van der Waals surface area contributed by atoms with Crippen LogP contribution < -0.4 is 0 Å². The Balaban J connectivity index is 3.36. The molecule has 0 bridgehead atoms. The van der Waals surface area contributed by atoms with Crippen LogP contribution in [-0.2, 0) is 9.68 Å². The summed E-state index contributed by atoms with van der Waals surface area (Å²) in [4.78, 5) is 7.60. The van der Waals surface area contributed by atoms with Crippen LogP contribution in [0.4, 0.5) is 0 Å². The number of quaternary nitrogens is 1. The Labute approximate surface area is 40.7 Å². The summed E-state index contributed by atoms with van der Waals surface area (Å²) >= 11 is 0. The molecule has 0 aliphatic carbocycles. The van der Waals surface area contributed by atoms with E-state index in [1.807, 2.05) is 0 Å². The molecule has 5 heteroatoms. The lowest BCUT2D eigenvalue weighted by atomic mass is 11.7. The standard InChI is InChI=1S/C2H7NO4/c1-6-3(4,5)7-2/h4H,1-2H3. The molecular formula is C2H7NO4. The summed E-state index contributed by atoms with van der Waals surface area (Å²) in [6, 6.07) is 0. The van der Waals surface area contributed by atoms with Crippen molar-refractivity contribution in [2.24, 2.45) is 0 Å². The zero-order valence-electron chi connectivity index (χ0n) is 4.12. The van der Waals surface area contributed by atoms with Crippen LogP contribution in [0.3, 0.4) is 0 Å². The Kier molecular flexibility index (Phi) is 2.13. The average Bonchev–Trinajstić information content (AvgIpc) is 1.68. The van der Waals surface area contributed by atoms with Gasteiger partial charge in [0.15, 0.2) is 0 Å². The van der Waals surface area contributed by atoms with Crippen molar-refractivity contribution in [1.82, 2.24) is 0 Å². The molecule has 0 spiro atoms. The van der Waals surface area contributed by atoms with Crippen LogP contribution in [0.2, 0.25) is 0 Å². The maximum absolute atomic E-state index is 9.89. The van der Waals surface area contributed by atoms with Crippen molar-refractivity contribution in [2.75, 3.05) is 14.2 Å². The summed E-state index contributed by atoms with van der Waals surface area (Å²) in [5.41, 5.74) is 0. The maximum atomic E-state index is 9.89. The van der Waals surface area contributed by atoms with Gasteiger partial charge in [-0.15, -0.1) is 14.9 Å². The largest absolute Gasteiger partial charge is 0.529 e. The molecule has 0 saturated heterocycles. The van der Waals surface area contributed by atoms with E-state index in [0.717, 1.165) is 14.2 Å². The smallest absolute Gasteiger partial charge is 0.104 e. The minimum absolute atomic E-state index is 1.02. The molecule has 0 aromatic carbocycles. The topological polar surface area (TPSA) is 61.8 Å². The van der Waals surface area contributed by atoms with Crippen LogP contribution in [0.25, 0.3) is 0 Å². The Hall–Kier alpha value is -0.200. The van der Waals surface area contributed by atoms with Crippen molar-refractivity contribution in [3.8, 4) is 0 Å². The van der Waals surface area contributed by atoms with Crippen LogP contribution in [0.5, 0.6) is 0 Å². The molecule has 1 N–H and O–H groups in total. The molecule has 0 rings (SSSR count). The van der Waals surface area contributed by atoms with Gasteiger partial charge in [-0.1, -0.05) is 0 Å². The van der Waals surface area contributed by atoms with Crippen molar-refractivity contribution in [2.45, 2.75) is 0 Å². The molecule has 0 aromatic heterocycles. The van der Waals surface area contributed by atoms with Gasteiger partial charge in [-0.3, -0.25) is 0 Å². The highest BCUT2D eigenvalue weighted by Crippen LogP contribution is 1.94. The van der Waals surface area contributed by atoms with Gasteiger partial charge in [0, 0.05) is 0 Å². The predicted molar refractivity (Wildman–Crippen MR) is 19.4 cm³/mol. The number of hydrogen-bond acceptors (Lipinski definition) is 4. The Morgan fingerprint density at radius 3 is 1.71 bits per heavy atom. The minimum atomic E-state index is -2.11. The fourth-order valence-corrected chi connectivity index (χ4v) is 0.0745. The van der Waals surface area contributed by atoms with Crippen LogP contribution in [0, 0.1) is 5.21 Å². The molecule has 7 heavy (non-hydrogen) atoms. The van der Waals surface area contributed by atoms with Gasteiger partial charge < -0.3 is 5.21 Å². The second-order valence-corrected chi connectivity index (χ2v) is 0.834. The highest BCUT2D eigenvalue weighted by atomic mass is 17.3. The van der Waals surface area contributed by atoms with E-state index < -0.39 is 5.14 Å². The third-order valence-corrected chi connectivity index (χ3v) is 0.461. The van der Waals surface area contributed by atoms with Crippen molar-refractivity contribution in [3.05, 3.63) is 5.21 Å². The number of nitrogens with zero attached hydrogens (tertiary/aromatic N) is 1. The highest BCUT2D eigenvalue weighted by Gasteiger charge is 2.08. The van der Waals surface area contributed by atoms with E-state index in [1.54, 1.807) is 0 Å². The van der Waals surface area contributed by atoms with Crippen LogP contribution in [0.1, 0.15) is 0 Å². The molecule has 0 saturated carbocycles. The molecule has 0 radical (unpaired) electrons. The second-order valence-electron chi connectivity index (χ2n) is 0.834. The van der Waals surface area contributed by atoms with Gasteiger partial charge in [-0.25, -0.2) is 0 Å². The molecule has 0 aliphatic rings. The van der Waals surface area contributed by atoms with Crippen molar-refractivity contribution in [1.29, 1.82) is 0 Å². The summed E-state index contributed by atoms with van der Waals surface area (Å²) in [6.07, 6.45) is 0. The van der Waals surface area contributed by atoms with E-state index in [9.17, 15) is 5.21 Å². The first kappa shape index (κ1) is 6.80. The Bertz CT molecular complexity index is 47.7. The first-order chi connectivity index (χ1) is 3.12. The van der Waals surface area contributed by atoms with Gasteiger partial charge in [-0.05, 0) is 0 Å². The molecule has 0 atom stereocenters. The fraction of sp³-hybridized carbons (Fsp3) is 1.00. The van der Waals surface area contributed by atoms with Gasteiger partial charge >= 0.3 is 0 Å². The second kappa shape index (κ2) is 2.20. The van der Waals surface area contributed by atoms with E-state index in [0.29, 0.717) is 0 Å². The maximum Gasteiger partial charge on any atom is 0.104 e. The summed E-state index contributed by atoms with van der Waals surface area (Å²) in [7, 11) is 2.05. The third kappa shape index (κ3) is 2.49. The molecule has 0 aliphatic heterocycles. The average molecular weight is 109 g/mol. The molecule has 0 fully saturated rings. The van der Waals surface area contributed by atoms with Gasteiger partial charge in [0.05, 0.1) is 5.14 Å². The van der Waals surface area contributed by atoms with Gasteiger partial charge in [0.2, 0.25) is 0 Å². The molecular weight excluding hydrogens is 102 g/mol. The number of hydrogen-bond donors (Lipinski definition) is 1. The normalized spacial score (nSPS) is 12.0. The van der Waals surface area contributed by atoms with Crippen molar-refractivity contribution in [3.63, 3.8) is 0 Å². The molecule has 0 unspecified atom stereocenters. The molecule has 0 heterocycles.